The Labute approximate surface area is 122 Å². The van der Waals surface area contributed by atoms with Gasteiger partial charge in [-0.2, -0.15) is 0 Å². The average molecular weight is 277 g/mol. The van der Waals surface area contributed by atoms with Gasteiger partial charge in [0.2, 0.25) is 0 Å². The average Bonchev–Trinajstić information content (AvgIpc) is 2.49. The van der Waals surface area contributed by atoms with Crippen molar-refractivity contribution in [1.82, 2.24) is 15.1 Å². The first kappa shape index (κ1) is 15.3. The summed E-state index contributed by atoms with van der Waals surface area (Å²) in [6.07, 6.45) is 0. The lowest BCUT2D eigenvalue weighted by Crippen LogP contribution is -2.46. The molecule has 1 aliphatic rings. The van der Waals surface area contributed by atoms with Crippen LogP contribution in [0.4, 0.5) is 0 Å². The van der Waals surface area contributed by atoms with Crippen molar-refractivity contribution < 1.29 is 4.74 Å². The summed E-state index contributed by atoms with van der Waals surface area (Å²) < 4.78 is 5.27. The maximum atomic E-state index is 5.27. The Kier molecular flexibility index (Phi) is 5.83. The van der Waals surface area contributed by atoms with Crippen LogP contribution in [0.2, 0.25) is 0 Å². The molecule has 1 N–H and O–H groups in total. The van der Waals surface area contributed by atoms with Gasteiger partial charge >= 0.3 is 0 Å². The summed E-state index contributed by atoms with van der Waals surface area (Å²) in [5.74, 6) is 0.926. The summed E-state index contributed by atoms with van der Waals surface area (Å²) in [5, 5.41) is 3.60. The molecule has 1 unspecified atom stereocenters. The Hall–Kier alpha value is -1.10. The number of likely N-dealkylation sites (N-methyl/N-ethyl adjacent to an activating group) is 1. The summed E-state index contributed by atoms with van der Waals surface area (Å²) in [5.41, 5.74) is 1.28. The third kappa shape index (κ3) is 4.47. The fraction of sp³-hybridized carbons (Fsp3) is 0.625. The van der Waals surface area contributed by atoms with Crippen LogP contribution in [0, 0.1) is 0 Å². The summed E-state index contributed by atoms with van der Waals surface area (Å²) in [7, 11) is 3.91. The summed E-state index contributed by atoms with van der Waals surface area (Å²) in [6, 6.07) is 8.65. The highest BCUT2D eigenvalue weighted by Crippen LogP contribution is 2.18. The van der Waals surface area contributed by atoms with Gasteiger partial charge in [0.05, 0.1) is 7.11 Å². The van der Waals surface area contributed by atoms with Crippen LogP contribution in [0.5, 0.6) is 5.75 Å². The zero-order valence-corrected chi connectivity index (χ0v) is 12.9. The standard InChI is InChI=1S/C16H27N3O/c1-14(15-5-4-6-16(13-15)20-3)17-7-8-19-11-9-18(2)10-12-19/h4-6,13-14,17H,7-12H2,1-3H3. The SMILES string of the molecule is COc1cccc(C(C)NCCN2CCN(C)CC2)c1. The molecule has 1 saturated heterocycles. The molecular formula is C16H27N3O. The molecule has 2 rings (SSSR count). The van der Waals surface area contributed by atoms with Gasteiger partial charge in [-0.25, -0.2) is 0 Å². The molecule has 4 heteroatoms. The van der Waals surface area contributed by atoms with Crippen molar-refractivity contribution in [2.45, 2.75) is 13.0 Å². The molecule has 1 atom stereocenters. The van der Waals surface area contributed by atoms with Crippen molar-refractivity contribution in [3.05, 3.63) is 29.8 Å². The van der Waals surface area contributed by atoms with Crippen molar-refractivity contribution in [1.29, 1.82) is 0 Å². The molecule has 4 nitrogen and oxygen atoms in total. The predicted octanol–water partition coefficient (Wildman–Crippen LogP) is 1.59. The Morgan fingerprint density at radius 3 is 2.70 bits per heavy atom. The molecule has 0 spiro atoms. The van der Waals surface area contributed by atoms with E-state index in [4.69, 9.17) is 4.74 Å². The lowest BCUT2D eigenvalue weighted by molar-refractivity contribution is 0.154. The number of nitrogens with zero attached hydrogens (tertiary/aromatic N) is 2. The number of methoxy groups -OCH3 is 1. The highest BCUT2D eigenvalue weighted by molar-refractivity contribution is 5.30. The number of rotatable bonds is 6. The molecule has 0 amide bonds. The van der Waals surface area contributed by atoms with Crippen LogP contribution < -0.4 is 10.1 Å². The summed E-state index contributed by atoms with van der Waals surface area (Å²) >= 11 is 0. The first-order valence-corrected chi connectivity index (χ1v) is 7.47. The van der Waals surface area contributed by atoms with E-state index in [2.05, 4.69) is 41.2 Å². The lowest BCUT2D eigenvalue weighted by Gasteiger charge is -2.32. The molecule has 0 radical (unpaired) electrons. The van der Waals surface area contributed by atoms with Crippen LogP contribution in [0.1, 0.15) is 18.5 Å². The van der Waals surface area contributed by atoms with Gasteiger partial charge in [0.15, 0.2) is 0 Å². The van der Waals surface area contributed by atoms with E-state index in [9.17, 15) is 0 Å². The van der Waals surface area contributed by atoms with E-state index in [1.807, 2.05) is 12.1 Å². The number of ether oxygens (including phenoxy) is 1. The van der Waals surface area contributed by atoms with Crippen molar-refractivity contribution in [2.24, 2.45) is 0 Å². The van der Waals surface area contributed by atoms with Crippen LogP contribution in [-0.4, -0.2) is 63.2 Å². The highest BCUT2D eigenvalue weighted by Gasteiger charge is 2.13. The Balaban J connectivity index is 1.73. The van der Waals surface area contributed by atoms with Crippen molar-refractivity contribution in [2.75, 3.05) is 53.4 Å². The van der Waals surface area contributed by atoms with Crippen molar-refractivity contribution in [3.63, 3.8) is 0 Å². The smallest absolute Gasteiger partial charge is 0.119 e. The zero-order chi connectivity index (χ0) is 14.4. The van der Waals surface area contributed by atoms with Gasteiger partial charge < -0.3 is 15.0 Å². The minimum atomic E-state index is 0.359. The van der Waals surface area contributed by atoms with E-state index in [1.165, 1.54) is 31.7 Å². The fourth-order valence-corrected chi connectivity index (χ4v) is 2.54. The number of hydrogen-bond donors (Lipinski definition) is 1. The maximum Gasteiger partial charge on any atom is 0.119 e. The van der Waals surface area contributed by atoms with Gasteiger partial charge in [-0.05, 0) is 31.7 Å². The summed E-state index contributed by atoms with van der Waals surface area (Å²) in [4.78, 5) is 4.92. The Morgan fingerprint density at radius 2 is 2.00 bits per heavy atom. The largest absolute Gasteiger partial charge is 0.497 e. The van der Waals surface area contributed by atoms with Crippen LogP contribution in [0.15, 0.2) is 24.3 Å². The Bertz CT molecular complexity index is 402. The molecule has 1 aromatic rings. The van der Waals surface area contributed by atoms with Gasteiger partial charge in [0.25, 0.3) is 0 Å². The Morgan fingerprint density at radius 1 is 1.25 bits per heavy atom. The second-order valence-corrected chi connectivity index (χ2v) is 5.60. The third-order valence-corrected chi connectivity index (χ3v) is 4.07. The molecule has 0 aliphatic carbocycles. The van der Waals surface area contributed by atoms with E-state index < -0.39 is 0 Å². The van der Waals surface area contributed by atoms with E-state index >= 15 is 0 Å². The molecular weight excluding hydrogens is 250 g/mol. The third-order valence-electron chi connectivity index (χ3n) is 4.07. The number of benzene rings is 1. The first-order valence-electron chi connectivity index (χ1n) is 7.47. The highest BCUT2D eigenvalue weighted by atomic mass is 16.5. The quantitative estimate of drug-likeness (QED) is 0.855. The predicted molar refractivity (Wildman–Crippen MR) is 83.3 cm³/mol. The fourth-order valence-electron chi connectivity index (χ4n) is 2.54. The zero-order valence-electron chi connectivity index (χ0n) is 12.9. The first-order chi connectivity index (χ1) is 9.69. The van der Waals surface area contributed by atoms with E-state index in [0.717, 1.165) is 18.8 Å². The van der Waals surface area contributed by atoms with Crippen molar-refractivity contribution in [3.8, 4) is 5.75 Å². The second-order valence-electron chi connectivity index (χ2n) is 5.60. The second kappa shape index (κ2) is 7.62. The number of hydrogen-bond acceptors (Lipinski definition) is 4. The molecule has 1 heterocycles. The molecule has 1 fully saturated rings. The van der Waals surface area contributed by atoms with Gasteiger partial charge in [-0.1, -0.05) is 12.1 Å². The van der Waals surface area contributed by atoms with E-state index in [0.29, 0.717) is 6.04 Å². The molecule has 0 bridgehead atoms. The van der Waals surface area contributed by atoms with Crippen LogP contribution in [-0.2, 0) is 0 Å². The van der Waals surface area contributed by atoms with Gasteiger partial charge in [-0.3, -0.25) is 4.90 Å². The van der Waals surface area contributed by atoms with E-state index in [1.54, 1.807) is 7.11 Å². The molecule has 0 saturated carbocycles. The van der Waals surface area contributed by atoms with Crippen LogP contribution >= 0.6 is 0 Å². The van der Waals surface area contributed by atoms with Gasteiger partial charge in [0.1, 0.15) is 5.75 Å². The molecule has 1 aliphatic heterocycles. The van der Waals surface area contributed by atoms with Crippen LogP contribution in [0.3, 0.4) is 0 Å². The number of nitrogens with one attached hydrogen (secondary N) is 1. The maximum absolute atomic E-state index is 5.27. The number of piperazine rings is 1. The normalized spacial score (nSPS) is 18.9. The summed E-state index contributed by atoms with van der Waals surface area (Å²) in [6.45, 7) is 9.11. The minimum absolute atomic E-state index is 0.359. The van der Waals surface area contributed by atoms with Gasteiger partial charge in [0, 0.05) is 45.3 Å². The molecule has 1 aromatic carbocycles. The van der Waals surface area contributed by atoms with E-state index in [-0.39, 0.29) is 0 Å². The molecule has 20 heavy (non-hydrogen) atoms. The van der Waals surface area contributed by atoms with Gasteiger partial charge in [-0.15, -0.1) is 0 Å². The molecule has 112 valence electrons. The van der Waals surface area contributed by atoms with Crippen LogP contribution in [0.25, 0.3) is 0 Å². The molecule has 0 aromatic heterocycles. The topological polar surface area (TPSA) is 27.7 Å². The van der Waals surface area contributed by atoms with Crippen molar-refractivity contribution >= 4 is 0 Å². The monoisotopic (exact) mass is 277 g/mol. The lowest BCUT2D eigenvalue weighted by atomic mass is 10.1. The minimum Gasteiger partial charge on any atom is -0.497 e.